The van der Waals surface area contributed by atoms with E-state index in [1.165, 1.54) is 12.1 Å². The van der Waals surface area contributed by atoms with E-state index in [9.17, 15) is 24.8 Å². The molecule has 0 aliphatic rings. The predicted octanol–water partition coefficient (Wildman–Crippen LogP) is 1.06. The first-order valence-corrected chi connectivity index (χ1v) is 5.66. The predicted molar refractivity (Wildman–Crippen MR) is 65.1 cm³/mol. The third kappa shape index (κ3) is 3.49. The number of ketones is 1. The van der Waals surface area contributed by atoms with Crippen LogP contribution >= 0.6 is 11.6 Å². The lowest BCUT2D eigenvalue weighted by atomic mass is 9.96. The second-order valence-corrected chi connectivity index (χ2v) is 3.96. The molecular weight excluding hydrogens is 278 g/mol. The van der Waals surface area contributed by atoms with Crippen LogP contribution in [0.25, 0.3) is 0 Å². The molecule has 0 aliphatic carbocycles. The molecule has 0 bridgehead atoms. The molecule has 1 aromatic carbocycles. The van der Waals surface area contributed by atoms with Crippen LogP contribution in [0.5, 0.6) is 0 Å². The van der Waals surface area contributed by atoms with Gasteiger partial charge in [-0.05, 0) is 5.56 Å². The van der Waals surface area contributed by atoms with Crippen molar-refractivity contribution in [3.63, 3.8) is 0 Å². The quantitative estimate of drug-likeness (QED) is 0.459. The number of nitro groups is 1. The molecule has 8 heteroatoms. The van der Waals surface area contributed by atoms with E-state index in [1.807, 2.05) is 0 Å². The van der Waals surface area contributed by atoms with Gasteiger partial charge in [0.05, 0.1) is 16.4 Å². The van der Waals surface area contributed by atoms with Crippen molar-refractivity contribution in [2.45, 2.75) is 12.5 Å². The zero-order chi connectivity index (χ0) is 14.6. The molecule has 0 saturated heterocycles. The largest absolute Gasteiger partial charge is 0.479 e. The summed E-state index contributed by atoms with van der Waals surface area (Å²) in [5, 5.41) is 29.2. The number of benzene rings is 1. The number of aliphatic hydroxyl groups excluding tert-OH is 1. The summed E-state index contributed by atoms with van der Waals surface area (Å²) >= 11 is 5.34. The Bertz CT molecular complexity index is 530. The van der Waals surface area contributed by atoms with E-state index >= 15 is 0 Å². The van der Waals surface area contributed by atoms with Crippen LogP contribution in [0.15, 0.2) is 18.2 Å². The van der Waals surface area contributed by atoms with Crippen molar-refractivity contribution in [3.05, 3.63) is 39.4 Å². The van der Waals surface area contributed by atoms with E-state index in [-0.39, 0.29) is 17.9 Å². The van der Waals surface area contributed by atoms with Crippen molar-refractivity contribution in [1.29, 1.82) is 0 Å². The minimum absolute atomic E-state index is 0.0785. The average Bonchev–Trinajstić information content (AvgIpc) is 2.37. The number of aliphatic carboxylic acids is 1. The first-order chi connectivity index (χ1) is 8.88. The second-order valence-electron chi connectivity index (χ2n) is 3.70. The Morgan fingerprint density at radius 1 is 1.42 bits per heavy atom. The molecule has 0 aromatic heterocycles. The monoisotopic (exact) mass is 287 g/mol. The molecule has 0 heterocycles. The number of hydrogen-bond acceptors (Lipinski definition) is 5. The normalized spacial score (nSPS) is 11.9. The number of nitro benzene ring substituents is 1. The van der Waals surface area contributed by atoms with Crippen LogP contribution in [0.1, 0.15) is 17.2 Å². The summed E-state index contributed by atoms with van der Waals surface area (Å²) in [6.45, 7) is 0. The number of halogens is 1. The molecule has 0 amide bonds. The van der Waals surface area contributed by atoms with Crippen molar-refractivity contribution in [1.82, 2.24) is 0 Å². The number of carbonyl (C=O) groups excluding carboxylic acids is 1. The van der Waals surface area contributed by atoms with E-state index in [0.717, 1.165) is 6.07 Å². The highest BCUT2D eigenvalue weighted by atomic mass is 35.5. The Kier molecular flexibility index (Phi) is 4.96. The van der Waals surface area contributed by atoms with Crippen LogP contribution in [-0.4, -0.2) is 32.8 Å². The summed E-state index contributed by atoms with van der Waals surface area (Å²) in [6, 6.07) is 3.72. The molecule has 0 spiro atoms. The molecular formula is C11H10ClNO6. The summed E-state index contributed by atoms with van der Waals surface area (Å²) in [5.41, 5.74) is -0.858. The van der Waals surface area contributed by atoms with Gasteiger partial charge in [0.25, 0.3) is 5.69 Å². The number of aliphatic hydroxyl groups is 1. The molecule has 19 heavy (non-hydrogen) atoms. The lowest BCUT2D eigenvalue weighted by molar-refractivity contribution is -0.386. The Hall–Kier alpha value is -1.99. The maximum Gasteiger partial charge on any atom is 0.337 e. The molecule has 2 N–H and O–H groups in total. The zero-order valence-corrected chi connectivity index (χ0v) is 10.3. The van der Waals surface area contributed by atoms with Crippen LogP contribution in [0.3, 0.4) is 0 Å². The SMILES string of the molecule is O=C(CCl)Cc1cccc([N+](=O)[O-])c1C(O)C(=O)O. The highest BCUT2D eigenvalue weighted by Gasteiger charge is 2.29. The summed E-state index contributed by atoms with van der Waals surface area (Å²) in [5.74, 6) is -2.36. The van der Waals surface area contributed by atoms with Crippen LogP contribution in [-0.2, 0) is 16.0 Å². The van der Waals surface area contributed by atoms with Gasteiger partial charge in [-0.1, -0.05) is 12.1 Å². The Morgan fingerprint density at radius 3 is 2.53 bits per heavy atom. The number of Topliss-reactive ketones (excluding diaryl/α,β-unsaturated/α-hetero) is 1. The minimum Gasteiger partial charge on any atom is -0.479 e. The highest BCUT2D eigenvalue weighted by Crippen LogP contribution is 2.29. The summed E-state index contributed by atoms with van der Waals surface area (Å²) in [7, 11) is 0. The fourth-order valence-electron chi connectivity index (χ4n) is 1.61. The molecule has 102 valence electrons. The van der Waals surface area contributed by atoms with E-state index in [1.54, 1.807) is 0 Å². The zero-order valence-electron chi connectivity index (χ0n) is 9.58. The van der Waals surface area contributed by atoms with E-state index in [0.29, 0.717) is 0 Å². The fraction of sp³-hybridized carbons (Fsp3) is 0.273. The first-order valence-electron chi connectivity index (χ1n) is 5.13. The van der Waals surface area contributed by atoms with Gasteiger partial charge in [-0.15, -0.1) is 11.6 Å². The van der Waals surface area contributed by atoms with E-state index < -0.39 is 34.0 Å². The van der Waals surface area contributed by atoms with Gasteiger partial charge in [-0.25, -0.2) is 4.79 Å². The third-order valence-electron chi connectivity index (χ3n) is 2.41. The minimum atomic E-state index is -2.07. The van der Waals surface area contributed by atoms with E-state index in [2.05, 4.69) is 0 Å². The van der Waals surface area contributed by atoms with Gasteiger partial charge in [0.15, 0.2) is 11.9 Å². The van der Waals surface area contributed by atoms with Gasteiger partial charge in [-0.3, -0.25) is 14.9 Å². The summed E-state index contributed by atoms with van der Waals surface area (Å²) < 4.78 is 0. The van der Waals surface area contributed by atoms with Gasteiger partial charge >= 0.3 is 5.97 Å². The van der Waals surface area contributed by atoms with Crippen molar-refractivity contribution in [3.8, 4) is 0 Å². The topological polar surface area (TPSA) is 118 Å². The Balaban J connectivity index is 3.37. The number of alkyl halides is 1. The maximum absolute atomic E-state index is 11.3. The van der Waals surface area contributed by atoms with Crippen LogP contribution < -0.4 is 0 Å². The van der Waals surface area contributed by atoms with Crippen molar-refractivity contribution in [2.75, 3.05) is 5.88 Å². The van der Waals surface area contributed by atoms with Crippen molar-refractivity contribution >= 4 is 29.0 Å². The Labute approximate surface area is 112 Å². The molecule has 1 unspecified atom stereocenters. The highest BCUT2D eigenvalue weighted by molar-refractivity contribution is 6.27. The molecule has 1 aromatic rings. The lowest BCUT2D eigenvalue weighted by Gasteiger charge is -2.11. The van der Waals surface area contributed by atoms with Gasteiger partial charge in [0.2, 0.25) is 0 Å². The lowest BCUT2D eigenvalue weighted by Crippen LogP contribution is -2.16. The van der Waals surface area contributed by atoms with E-state index in [4.69, 9.17) is 16.7 Å². The fourth-order valence-corrected chi connectivity index (χ4v) is 1.71. The molecule has 7 nitrogen and oxygen atoms in total. The average molecular weight is 288 g/mol. The van der Waals surface area contributed by atoms with Crippen LogP contribution in [0.4, 0.5) is 5.69 Å². The van der Waals surface area contributed by atoms with Gasteiger partial charge in [0, 0.05) is 12.5 Å². The number of hydrogen-bond donors (Lipinski definition) is 2. The summed E-state index contributed by atoms with van der Waals surface area (Å²) in [4.78, 5) is 32.1. The number of carboxylic acids is 1. The molecule has 0 radical (unpaired) electrons. The number of carbonyl (C=O) groups is 2. The van der Waals surface area contributed by atoms with Crippen molar-refractivity contribution in [2.24, 2.45) is 0 Å². The Morgan fingerprint density at radius 2 is 2.05 bits per heavy atom. The molecule has 0 fully saturated rings. The maximum atomic E-state index is 11.3. The van der Waals surface area contributed by atoms with Gasteiger partial charge < -0.3 is 10.2 Å². The first kappa shape index (κ1) is 15.1. The third-order valence-corrected chi connectivity index (χ3v) is 2.71. The molecule has 1 rings (SSSR count). The number of nitrogens with zero attached hydrogens (tertiary/aromatic N) is 1. The van der Waals surface area contributed by atoms with Crippen molar-refractivity contribution < 1.29 is 24.7 Å². The van der Waals surface area contributed by atoms with Crippen LogP contribution in [0.2, 0.25) is 0 Å². The molecule has 0 aliphatic heterocycles. The number of carboxylic acid groups (broad SMARTS) is 1. The summed E-state index contributed by atoms with van der Waals surface area (Å²) in [6.07, 6.45) is -2.34. The standard InChI is InChI=1S/C11H10ClNO6/c12-5-7(14)4-6-2-1-3-8(13(18)19)9(6)10(15)11(16)17/h1-3,10,15H,4-5H2,(H,16,17). The van der Waals surface area contributed by atoms with Crippen LogP contribution in [0, 0.1) is 10.1 Å². The van der Waals surface area contributed by atoms with Gasteiger partial charge in [-0.2, -0.15) is 0 Å². The molecule has 0 saturated carbocycles. The van der Waals surface area contributed by atoms with Gasteiger partial charge in [0.1, 0.15) is 0 Å². The second kappa shape index (κ2) is 6.26. The number of rotatable bonds is 6. The molecule has 1 atom stereocenters. The smallest absolute Gasteiger partial charge is 0.337 e.